The average Bonchev–Trinajstić information content (AvgIpc) is 3.07. The number of anilines is 2. The first-order valence-corrected chi connectivity index (χ1v) is 6.95. The first-order valence-electron chi connectivity index (χ1n) is 6.57. The molecule has 20 heavy (non-hydrogen) atoms. The van der Waals surface area contributed by atoms with E-state index < -0.39 is 0 Å². The van der Waals surface area contributed by atoms with E-state index in [4.69, 9.17) is 22.1 Å². The van der Waals surface area contributed by atoms with Gasteiger partial charge in [0.2, 0.25) is 11.9 Å². The molecule has 1 aromatic heterocycles. The van der Waals surface area contributed by atoms with Gasteiger partial charge in [-0.05, 0) is 25.0 Å². The number of nitrogens with one attached hydrogen (secondary N) is 1. The molecule has 7 heteroatoms. The minimum absolute atomic E-state index is 0.225. The van der Waals surface area contributed by atoms with E-state index in [0.29, 0.717) is 29.2 Å². The maximum atomic E-state index is 6.14. The van der Waals surface area contributed by atoms with Gasteiger partial charge >= 0.3 is 0 Å². The van der Waals surface area contributed by atoms with E-state index in [-0.39, 0.29) is 6.10 Å². The van der Waals surface area contributed by atoms with E-state index in [0.717, 1.165) is 19.4 Å². The van der Waals surface area contributed by atoms with Crippen LogP contribution >= 0.6 is 11.6 Å². The maximum absolute atomic E-state index is 6.14. The third-order valence-electron chi connectivity index (χ3n) is 3.22. The van der Waals surface area contributed by atoms with Gasteiger partial charge in [-0.15, -0.1) is 5.10 Å². The molecule has 1 aromatic carbocycles. The minimum Gasteiger partial charge on any atom is -0.376 e. The molecule has 0 bridgehead atoms. The average molecular weight is 294 g/mol. The maximum Gasteiger partial charge on any atom is 0.244 e. The van der Waals surface area contributed by atoms with Gasteiger partial charge in [-0.2, -0.15) is 9.67 Å². The Kier molecular flexibility index (Phi) is 3.75. The van der Waals surface area contributed by atoms with Gasteiger partial charge in [-0.1, -0.05) is 23.7 Å². The Balaban J connectivity index is 1.75. The van der Waals surface area contributed by atoms with Gasteiger partial charge in [0.1, 0.15) is 0 Å². The van der Waals surface area contributed by atoms with Crippen LogP contribution in [0.1, 0.15) is 12.8 Å². The van der Waals surface area contributed by atoms with Crippen molar-refractivity contribution in [3.05, 3.63) is 29.3 Å². The van der Waals surface area contributed by atoms with Crippen LogP contribution in [0.25, 0.3) is 5.69 Å². The lowest BCUT2D eigenvalue weighted by molar-refractivity contribution is 0.120. The van der Waals surface area contributed by atoms with Gasteiger partial charge in [0.25, 0.3) is 0 Å². The summed E-state index contributed by atoms with van der Waals surface area (Å²) in [6.45, 7) is 1.52. The SMILES string of the molecule is Nc1nc(NCC2CCCO2)nn1-c1ccccc1Cl. The van der Waals surface area contributed by atoms with Crippen molar-refractivity contribution in [1.82, 2.24) is 14.8 Å². The van der Waals surface area contributed by atoms with E-state index in [1.165, 1.54) is 4.68 Å². The summed E-state index contributed by atoms with van der Waals surface area (Å²) in [5.74, 6) is 0.783. The number of ether oxygens (including phenoxy) is 1. The van der Waals surface area contributed by atoms with Crippen LogP contribution < -0.4 is 11.1 Å². The number of nitrogen functional groups attached to an aromatic ring is 1. The van der Waals surface area contributed by atoms with Gasteiger partial charge in [0.15, 0.2) is 0 Å². The standard InChI is InChI=1S/C13H16ClN5O/c14-10-5-1-2-6-11(10)19-12(15)17-13(18-19)16-8-9-4-3-7-20-9/h1-2,5-6,9H,3-4,7-8H2,(H3,15,16,17,18). The van der Waals surface area contributed by atoms with Crippen LogP contribution in [0, 0.1) is 0 Å². The fourth-order valence-corrected chi connectivity index (χ4v) is 2.43. The number of rotatable bonds is 4. The summed E-state index contributed by atoms with van der Waals surface area (Å²) in [5.41, 5.74) is 6.60. The van der Waals surface area contributed by atoms with Crippen molar-refractivity contribution in [3.63, 3.8) is 0 Å². The molecular formula is C13H16ClN5O. The molecule has 0 radical (unpaired) electrons. The highest BCUT2D eigenvalue weighted by molar-refractivity contribution is 6.32. The van der Waals surface area contributed by atoms with Gasteiger partial charge in [-0.3, -0.25) is 0 Å². The number of nitrogens with zero attached hydrogens (tertiary/aromatic N) is 3. The molecule has 2 aromatic rings. The van der Waals surface area contributed by atoms with Gasteiger partial charge in [-0.25, -0.2) is 0 Å². The molecule has 2 heterocycles. The molecule has 0 spiro atoms. The molecule has 0 amide bonds. The quantitative estimate of drug-likeness (QED) is 0.902. The van der Waals surface area contributed by atoms with Crippen LogP contribution in [-0.4, -0.2) is 34.0 Å². The van der Waals surface area contributed by atoms with E-state index in [2.05, 4.69) is 15.4 Å². The van der Waals surface area contributed by atoms with Crippen LogP contribution in [0.4, 0.5) is 11.9 Å². The summed E-state index contributed by atoms with van der Waals surface area (Å²) in [4.78, 5) is 4.19. The molecule has 1 unspecified atom stereocenters. The van der Waals surface area contributed by atoms with Crippen molar-refractivity contribution in [2.45, 2.75) is 18.9 Å². The monoisotopic (exact) mass is 293 g/mol. The highest BCUT2D eigenvalue weighted by Crippen LogP contribution is 2.22. The predicted octanol–water partition coefficient (Wildman–Crippen LogP) is 2.09. The van der Waals surface area contributed by atoms with Crippen LogP contribution in [-0.2, 0) is 4.74 Å². The zero-order valence-corrected chi connectivity index (χ0v) is 11.7. The summed E-state index contributed by atoms with van der Waals surface area (Å²) in [6, 6.07) is 7.37. The smallest absolute Gasteiger partial charge is 0.244 e. The molecule has 0 saturated carbocycles. The highest BCUT2D eigenvalue weighted by atomic mass is 35.5. The summed E-state index contributed by atoms with van der Waals surface area (Å²) in [6.07, 6.45) is 2.40. The second kappa shape index (κ2) is 5.68. The Bertz CT molecular complexity index is 594. The molecule has 3 N–H and O–H groups in total. The topological polar surface area (TPSA) is 78.0 Å². The van der Waals surface area contributed by atoms with Gasteiger partial charge in [0.05, 0.1) is 16.8 Å². The van der Waals surface area contributed by atoms with Crippen LogP contribution in [0.2, 0.25) is 5.02 Å². The number of aromatic nitrogens is 3. The molecular weight excluding hydrogens is 278 g/mol. The van der Waals surface area contributed by atoms with Crippen molar-refractivity contribution in [3.8, 4) is 5.69 Å². The number of nitrogens with two attached hydrogens (primary N) is 1. The Hall–Kier alpha value is -1.79. The van der Waals surface area contributed by atoms with E-state index in [9.17, 15) is 0 Å². The van der Waals surface area contributed by atoms with Gasteiger partial charge < -0.3 is 15.8 Å². The molecule has 1 fully saturated rings. The zero-order chi connectivity index (χ0) is 13.9. The molecule has 1 aliphatic heterocycles. The number of halogens is 1. The van der Waals surface area contributed by atoms with Crippen molar-refractivity contribution in [1.29, 1.82) is 0 Å². The Morgan fingerprint density at radius 1 is 1.45 bits per heavy atom. The lowest BCUT2D eigenvalue weighted by atomic mass is 10.2. The van der Waals surface area contributed by atoms with E-state index >= 15 is 0 Å². The number of hydrogen-bond acceptors (Lipinski definition) is 5. The fraction of sp³-hybridized carbons (Fsp3) is 0.385. The van der Waals surface area contributed by atoms with E-state index in [1.54, 1.807) is 6.07 Å². The highest BCUT2D eigenvalue weighted by Gasteiger charge is 2.17. The molecule has 1 saturated heterocycles. The Morgan fingerprint density at radius 2 is 2.30 bits per heavy atom. The molecule has 3 rings (SSSR count). The summed E-state index contributed by atoms with van der Waals surface area (Å²) >= 11 is 6.14. The van der Waals surface area contributed by atoms with Gasteiger partial charge in [0, 0.05) is 13.2 Å². The lowest BCUT2D eigenvalue weighted by Crippen LogP contribution is -2.19. The fourth-order valence-electron chi connectivity index (χ4n) is 2.21. The summed E-state index contributed by atoms with van der Waals surface area (Å²) < 4.78 is 7.07. The second-order valence-corrected chi connectivity index (χ2v) is 5.08. The number of para-hydroxylation sites is 1. The first-order chi connectivity index (χ1) is 9.74. The predicted molar refractivity (Wildman–Crippen MR) is 78.2 cm³/mol. The summed E-state index contributed by atoms with van der Waals surface area (Å²) in [5, 5.41) is 8.06. The number of hydrogen-bond donors (Lipinski definition) is 2. The minimum atomic E-state index is 0.225. The molecule has 6 nitrogen and oxygen atoms in total. The van der Waals surface area contributed by atoms with Crippen molar-refractivity contribution in [2.75, 3.05) is 24.2 Å². The van der Waals surface area contributed by atoms with Crippen molar-refractivity contribution >= 4 is 23.5 Å². The van der Waals surface area contributed by atoms with Crippen LogP contribution in [0.15, 0.2) is 24.3 Å². The third-order valence-corrected chi connectivity index (χ3v) is 3.54. The third kappa shape index (κ3) is 2.71. The van der Waals surface area contributed by atoms with Crippen molar-refractivity contribution < 1.29 is 4.74 Å². The van der Waals surface area contributed by atoms with Crippen LogP contribution in [0.3, 0.4) is 0 Å². The van der Waals surface area contributed by atoms with Crippen molar-refractivity contribution in [2.24, 2.45) is 0 Å². The normalized spacial score (nSPS) is 18.4. The Morgan fingerprint density at radius 3 is 3.05 bits per heavy atom. The molecule has 1 aliphatic rings. The summed E-state index contributed by atoms with van der Waals surface area (Å²) in [7, 11) is 0. The molecule has 1 atom stereocenters. The van der Waals surface area contributed by atoms with E-state index in [1.807, 2.05) is 18.2 Å². The zero-order valence-electron chi connectivity index (χ0n) is 10.9. The largest absolute Gasteiger partial charge is 0.376 e. The van der Waals surface area contributed by atoms with Crippen LogP contribution in [0.5, 0.6) is 0 Å². The first kappa shape index (κ1) is 13.2. The molecule has 106 valence electrons. The lowest BCUT2D eigenvalue weighted by Gasteiger charge is -2.08. The number of benzene rings is 1. The molecule has 0 aliphatic carbocycles. The Labute approximate surface area is 121 Å². The second-order valence-electron chi connectivity index (χ2n) is 4.67.